The quantitative estimate of drug-likeness (QED) is 0.425. The van der Waals surface area contributed by atoms with Gasteiger partial charge in [0.2, 0.25) is 5.91 Å². The molecule has 170 valence electrons. The number of fused-ring (bicyclic) bond motifs is 3. The highest BCUT2D eigenvalue weighted by molar-refractivity contribution is 7.99. The van der Waals surface area contributed by atoms with Crippen LogP contribution in [-0.4, -0.2) is 26.8 Å². The van der Waals surface area contributed by atoms with Crippen LogP contribution in [0.2, 0.25) is 0 Å². The Morgan fingerprint density at radius 3 is 2.70 bits per heavy atom. The van der Waals surface area contributed by atoms with Gasteiger partial charge in [-0.3, -0.25) is 14.2 Å². The second-order valence-corrected chi connectivity index (χ2v) is 11.0. The third kappa shape index (κ3) is 4.20. The third-order valence-corrected chi connectivity index (χ3v) is 8.76. The summed E-state index contributed by atoms with van der Waals surface area (Å²) in [5, 5.41) is 13.9. The Kier molecular flexibility index (Phi) is 6.02. The summed E-state index contributed by atoms with van der Waals surface area (Å²) in [7, 11) is 0. The van der Waals surface area contributed by atoms with Gasteiger partial charge >= 0.3 is 0 Å². The number of aryl methyl sites for hydroxylation is 3. The van der Waals surface area contributed by atoms with Crippen molar-refractivity contribution in [3.05, 3.63) is 50.6 Å². The maximum absolute atomic E-state index is 13.7. The Bertz CT molecular complexity index is 1310. The van der Waals surface area contributed by atoms with Crippen LogP contribution in [0.1, 0.15) is 54.5 Å². The Morgan fingerprint density at radius 1 is 1.21 bits per heavy atom. The molecule has 0 radical (unpaired) electrons. The molecular weight excluding hydrogens is 452 g/mol. The molecule has 1 fully saturated rings. The number of nitriles is 1. The number of nitrogens with zero attached hydrogens (tertiary/aromatic N) is 3. The summed E-state index contributed by atoms with van der Waals surface area (Å²) in [6, 6.07) is 10.1. The van der Waals surface area contributed by atoms with E-state index < -0.39 is 5.54 Å². The fraction of sp³-hybridized carbons (Fsp3) is 0.440. The molecule has 0 spiro atoms. The lowest BCUT2D eigenvalue weighted by atomic mass is 9.83. The lowest BCUT2D eigenvalue weighted by molar-refractivity contribution is -0.120. The van der Waals surface area contributed by atoms with E-state index in [1.807, 2.05) is 31.2 Å². The first-order chi connectivity index (χ1) is 16.0. The Morgan fingerprint density at radius 2 is 1.97 bits per heavy atom. The summed E-state index contributed by atoms with van der Waals surface area (Å²) in [5.41, 5.74) is 2.18. The predicted octanol–water partition coefficient (Wildman–Crippen LogP) is 4.68. The van der Waals surface area contributed by atoms with Crippen LogP contribution in [0.15, 0.2) is 34.2 Å². The van der Waals surface area contributed by atoms with Crippen molar-refractivity contribution in [3.8, 4) is 11.8 Å². The van der Waals surface area contributed by atoms with Crippen LogP contribution in [0.4, 0.5) is 0 Å². The Balaban J connectivity index is 1.48. The maximum Gasteiger partial charge on any atom is 0.267 e. The van der Waals surface area contributed by atoms with Gasteiger partial charge in [-0.2, -0.15) is 5.26 Å². The van der Waals surface area contributed by atoms with Crippen LogP contribution in [0.25, 0.3) is 15.9 Å². The molecule has 2 aliphatic carbocycles. The molecule has 1 amide bonds. The Labute approximate surface area is 201 Å². The number of carbonyl (C=O) groups is 1. The molecule has 0 saturated heterocycles. The van der Waals surface area contributed by atoms with Crippen molar-refractivity contribution in [1.29, 1.82) is 5.26 Å². The normalized spacial score (nSPS) is 17.0. The summed E-state index contributed by atoms with van der Waals surface area (Å²) in [6.45, 7) is 2.01. The predicted molar refractivity (Wildman–Crippen MR) is 132 cm³/mol. The standard InChI is InChI=1S/C25H26N4O2S2/c1-16-8-10-17(11-9-16)29-23(31)21-18-6-5-7-19(18)33-22(21)27-24(29)32-14-20(30)28-25(15-26)12-3-2-4-13-25/h8-11H,2-7,12-14H2,1H3,(H,28,30). The fourth-order valence-electron chi connectivity index (χ4n) is 4.90. The van der Waals surface area contributed by atoms with E-state index in [4.69, 9.17) is 4.98 Å². The molecule has 1 N–H and O–H groups in total. The van der Waals surface area contributed by atoms with E-state index in [1.54, 1.807) is 15.9 Å². The number of rotatable bonds is 5. The number of thiophene rings is 1. The van der Waals surface area contributed by atoms with E-state index >= 15 is 0 Å². The van der Waals surface area contributed by atoms with Gasteiger partial charge in [0.05, 0.1) is 22.9 Å². The smallest absolute Gasteiger partial charge is 0.267 e. The molecule has 6 nitrogen and oxygen atoms in total. The Hall–Kier alpha value is -2.63. The van der Waals surface area contributed by atoms with Crippen molar-refractivity contribution < 1.29 is 4.79 Å². The first-order valence-electron chi connectivity index (χ1n) is 11.5. The van der Waals surface area contributed by atoms with Crippen molar-refractivity contribution in [2.45, 2.75) is 69.0 Å². The maximum atomic E-state index is 13.7. The minimum Gasteiger partial charge on any atom is -0.337 e. The minimum atomic E-state index is -0.765. The number of benzene rings is 1. The van der Waals surface area contributed by atoms with Crippen LogP contribution in [0, 0.1) is 18.3 Å². The highest BCUT2D eigenvalue weighted by atomic mass is 32.2. The van der Waals surface area contributed by atoms with E-state index in [0.29, 0.717) is 18.0 Å². The first-order valence-corrected chi connectivity index (χ1v) is 13.3. The summed E-state index contributed by atoms with van der Waals surface area (Å²) in [4.78, 5) is 33.4. The van der Waals surface area contributed by atoms with Gasteiger partial charge in [-0.25, -0.2) is 4.98 Å². The molecule has 0 bridgehead atoms. The average molecular weight is 479 g/mol. The first kappa shape index (κ1) is 22.2. The van der Waals surface area contributed by atoms with Gasteiger partial charge < -0.3 is 5.32 Å². The molecule has 1 saturated carbocycles. The van der Waals surface area contributed by atoms with Crippen molar-refractivity contribution in [3.63, 3.8) is 0 Å². The van der Waals surface area contributed by atoms with Crippen LogP contribution in [0.5, 0.6) is 0 Å². The van der Waals surface area contributed by atoms with Crippen molar-refractivity contribution >= 4 is 39.2 Å². The zero-order valence-corrected chi connectivity index (χ0v) is 20.3. The van der Waals surface area contributed by atoms with Crippen LogP contribution in [-0.2, 0) is 17.6 Å². The molecule has 0 aliphatic heterocycles. The second-order valence-electron chi connectivity index (χ2n) is 9.00. The van der Waals surface area contributed by atoms with Gasteiger partial charge in [-0.15, -0.1) is 11.3 Å². The molecule has 2 aromatic heterocycles. The van der Waals surface area contributed by atoms with Crippen LogP contribution in [0.3, 0.4) is 0 Å². The van der Waals surface area contributed by atoms with Gasteiger partial charge in [-0.1, -0.05) is 48.7 Å². The highest BCUT2D eigenvalue weighted by Crippen LogP contribution is 2.36. The van der Waals surface area contributed by atoms with E-state index in [9.17, 15) is 14.9 Å². The monoisotopic (exact) mass is 478 g/mol. The summed E-state index contributed by atoms with van der Waals surface area (Å²) in [6.07, 6.45) is 7.40. The van der Waals surface area contributed by atoms with E-state index in [-0.39, 0.29) is 17.2 Å². The number of hydrogen-bond acceptors (Lipinski definition) is 6. The van der Waals surface area contributed by atoms with Gasteiger partial charge in [0.25, 0.3) is 5.56 Å². The number of thioether (sulfide) groups is 1. The lowest BCUT2D eigenvalue weighted by Crippen LogP contribution is -2.49. The third-order valence-electron chi connectivity index (χ3n) is 6.63. The van der Waals surface area contributed by atoms with Gasteiger partial charge in [0.1, 0.15) is 10.4 Å². The van der Waals surface area contributed by atoms with Gasteiger partial charge in [-0.05, 0) is 56.7 Å². The van der Waals surface area contributed by atoms with E-state index in [0.717, 1.165) is 65.6 Å². The van der Waals surface area contributed by atoms with Crippen LogP contribution < -0.4 is 10.9 Å². The number of carbonyl (C=O) groups excluding carboxylic acids is 1. The molecule has 8 heteroatoms. The molecule has 0 atom stereocenters. The van der Waals surface area contributed by atoms with Crippen molar-refractivity contribution in [2.24, 2.45) is 0 Å². The largest absolute Gasteiger partial charge is 0.337 e. The topological polar surface area (TPSA) is 87.8 Å². The minimum absolute atomic E-state index is 0.0630. The molecule has 2 heterocycles. The molecule has 0 unspecified atom stereocenters. The molecular formula is C25H26N4O2S2. The number of hydrogen-bond donors (Lipinski definition) is 1. The number of amides is 1. The molecule has 1 aromatic carbocycles. The number of aromatic nitrogens is 2. The lowest BCUT2D eigenvalue weighted by Gasteiger charge is -2.31. The average Bonchev–Trinajstić information content (AvgIpc) is 3.40. The fourth-order valence-corrected chi connectivity index (χ4v) is 7.01. The second kappa shape index (κ2) is 8.96. The van der Waals surface area contributed by atoms with Crippen LogP contribution >= 0.6 is 23.1 Å². The SMILES string of the molecule is Cc1ccc(-n2c(SCC(=O)NC3(C#N)CCCCC3)nc3sc4c(c3c2=O)CCC4)cc1. The van der Waals surface area contributed by atoms with Crippen molar-refractivity contribution in [1.82, 2.24) is 14.9 Å². The molecule has 5 rings (SSSR count). The highest BCUT2D eigenvalue weighted by Gasteiger charge is 2.33. The summed E-state index contributed by atoms with van der Waals surface area (Å²) < 4.78 is 1.64. The van der Waals surface area contributed by atoms with Gasteiger partial charge in [0, 0.05) is 4.88 Å². The number of nitrogens with one attached hydrogen (secondary N) is 1. The zero-order chi connectivity index (χ0) is 23.0. The molecule has 2 aliphatic rings. The zero-order valence-electron chi connectivity index (χ0n) is 18.6. The summed E-state index contributed by atoms with van der Waals surface area (Å²) >= 11 is 2.86. The van der Waals surface area contributed by atoms with Gasteiger partial charge in [0.15, 0.2) is 5.16 Å². The molecule has 33 heavy (non-hydrogen) atoms. The van der Waals surface area contributed by atoms with Crippen molar-refractivity contribution in [2.75, 3.05) is 5.75 Å². The van der Waals surface area contributed by atoms with E-state index in [2.05, 4.69) is 11.4 Å². The van der Waals surface area contributed by atoms with E-state index in [1.165, 1.54) is 16.6 Å². The summed E-state index contributed by atoms with van der Waals surface area (Å²) in [5.74, 6) is -0.0832. The molecule has 3 aromatic rings.